The highest BCUT2D eigenvalue weighted by Gasteiger charge is 2.19. The second kappa shape index (κ2) is 3.97. The van der Waals surface area contributed by atoms with Gasteiger partial charge in [-0.2, -0.15) is 0 Å². The Labute approximate surface area is 92.1 Å². The van der Waals surface area contributed by atoms with Gasteiger partial charge < -0.3 is 5.11 Å². The van der Waals surface area contributed by atoms with Crippen LogP contribution < -0.4 is 0 Å². The maximum Gasteiger partial charge on any atom is 0.0657 e. The van der Waals surface area contributed by atoms with E-state index in [1.165, 1.54) is 36.0 Å². The maximum absolute atomic E-state index is 10.0. The average molecular weight is 204 g/mol. The molecule has 0 bridgehead atoms. The standard InChI is InChI=1S/C14H20O/c1-3-14(2,15)10-11-7-8-12-5-4-6-13(12)9-11/h7-9,15H,3-6,10H2,1-2H3. The van der Waals surface area contributed by atoms with Gasteiger partial charge in [0.25, 0.3) is 0 Å². The lowest BCUT2D eigenvalue weighted by Crippen LogP contribution is -2.25. The summed E-state index contributed by atoms with van der Waals surface area (Å²) in [6.45, 7) is 3.95. The fraction of sp³-hybridized carbons (Fsp3) is 0.571. The first-order chi connectivity index (χ1) is 7.11. The van der Waals surface area contributed by atoms with Gasteiger partial charge in [0.05, 0.1) is 5.60 Å². The van der Waals surface area contributed by atoms with Crippen LogP contribution in [-0.2, 0) is 19.3 Å². The van der Waals surface area contributed by atoms with Gasteiger partial charge in [0.1, 0.15) is 0 Å². The Kier molecular flexibility index (Phi) is 2.83. The molecular formula is C14H20O. The van der Waals surface area contributed by atoms with Crippen molar-refractivity contribution in [2.75, 3.05) is 0 Å². The molecule has 1 aliphatic carbocycles. The molecule has 0 saturated heterocycles. The molecule has 1 N–H and O–H groups in total. The molecule has 0 radical (unpaired) electrons. The van der Waals surface area contributed by atoms with E-state index in [0.717, 1.165) is 12.8 Å². The molecule has 1 aliphatic rings. The molecule has 0 spiro atoms. The van der Waals surface area contributed by atoms with Crippen LogP contribution in [0.25, 0.3) is 0 Å². The SMILES string of the molecule is CCC(C)(O)Cc1ccc2c(c1)CCC2. The third-order valence-electron chi connectivity index (χ3n) is 3.51. The van der Waals surface area contributed by atoms with Crippen LogP contribution in [-0.4, -0.2) is 10.7 Å². The largest absolute Gasteiger partial charge is 0.390 e. The van der Waals surface area contributed by atoms with Crippen LogP contribution in [0, 0.1) is 0 Å². The Bertz CT molecular complexity index is 352. The van der Waals surface area contributed by atoms with E-state index in [9.17, 15) is 5.11 Å². The minimum atomic E-state index is -0.549. The molecule has 1 atom stereocenters. The molecule has 0 aliphatic heterocycles. The smallest absolute Gasteiger partial charge is 0.0657 e. The van der Waals surface area contributed by atoms with Crippen molar-refractivity contribution in [3.63, 3.8) is 0 Å². The lowest BCUT2D eigenvalue weighted by atomic mass is 9.92. The van der Waals surface area contributed by atoms with Gasteiger partial charge in [0.15, 0.2) is 0 Å². The van der Waals surface area contributed by atoms with Crippen molar-refractivity contribution in [3.8, 4) is 0 Å². The van der Waals surface area contributed by atoms with Crippen molar-refractivity contribution in [1.29, 1.82) is 0 Å². The summed E-state index contributed by atoms with van der Waals surface area (Å²) in [5, 5.41) is 10.0. The van der Waals surface area contributed by atoms with Gasteiger partial charge in [-0.15, -0.1) is 0 Å². The number of aryl methyl sites for hydroxylation is 2. The number of rotatable bonds is 3. The Balaban J connectivity index is 2.17. The quantitative estimate of drug-likeness (QED) is 0.802. The maximum atomic E-state index is 10.0. The van der Waals surface area contributed by atoms with Crippen LogP contribution >= 0.6 is 0 Å². The van der Waals surface area contributed by atoms with E-state index in [0.29, 0.717) is 0 Å². The van der Waals surface area contributed by atoms with Crippen LogP contribution in [0.2, 0.25) is 0 Å². The minimum Gasteiger partial charge on any atom is -0.390 e. The second-order valence-electron chi connectivity index (χ2n) is 4.98. The van der Waals surface area contributed by atoms with E-state index < -0.39 is 5.60 Å². The number of fused-ring (bicyclic) bond motifs is 1. The summed E-state index contributed by atoms with van der Waals surface area (Å²) in [5.41, 5.74) is 3.74. The summed E-state index contributed by atoms with van der Waals surface area (Å²) < 4.78 is 0. The average Bonchev–Trinajstić information content (AvgIpc) is 2.64. The third-order valence-corrected chi connectivity index (χ3v) is 3.51. The van der Waals surface area contributed by atoms with Gasteiger partial charge in [0.2, 0.25) is 0 Å². The van der Waals surface area contributed by atoms with E-state index in [1.807, 2.05) is 13.8 Å². The predicted molar refractivity (Wildman–Crippen MR) is 63.1 cm³/mol. The predicted octanol–water partition coefficient (Wildman–Crippen LogP) is 2.88. The normalized spacial score (nSPS) is 18.6. The first kappa shape index (κ1) is 10.7. The highest BCUT2D eigenvalue weighted by molar-refractivity contribution is 5.35. The van der Waals surface area contributed by atoms with Crippen LogP contribution in [0.15, 0.2) is 18.2 Å². The first-order valence-electron chi connectivity index (χ1n) is 5.94. The molecule has 1 aromatic rings. The number of benzene rings is 1. The van der Waals surface area contributed by atoms with Crippen LogP contribution in [0.1, 0.15) is 43.4 Å². The Morgan fingerprint density at radius 3 is 2.73 bits per heavy atom. The van der Waals surface area contributed by atoms with Crippen molar-refractivity contribution in [1.82, 2.24) is 0 Å². The summed E-state index contributed by atoms with van der Waals surface area (Å²) in [6.07, 6.45) is 5.33. The monoisotopic (exact) mass is 204 g/mol. The van der Waals surface area contributed by atoms with Gasteiger partial charge in [0, 0.05) is 6.42 Å². The molecule has 1 aromatic carbocycles. The molecule has 0 saturated carbocycles. The van der Waals surface area contributed by atoms with E-state index in [2.05, 4.69) is 18.2 Å². The zero-order valence-electron chi connectivity index (χ0n) is 9.71. The Hall–Kier alpha value is -0.820. The second-order valence-corrected chi connectivity index (χ2v) is 4.98. The molecule has 1 unspecified atom stereocenters. The third kappa shape index (κ3) is 2.40. The zero-order chi connectivity index (χ0) is 10.9. The van der Waals surface area contributed by atoms with Crippen molar-refractivity contribution < 1.29 is 5.11 Å². The summed E-state index contributed by atoms with van der Waals surface area (Å²) in [7, 11) is 0. The van der Waals surface area contributed by atoms with Gasteiger partial charge >= 0.3 is 0 Å². The fourth-order valence-electron chi connectivity index (χ4n) is 2.30. The Morgan fingerprint density at radius 2 is 2.00 bits per heavy atom. The topological polar surface area (TPSA) is 20.2 Å². The van der Waals surface area contributed by atoms with Crippen LogP contribution in [0.4, 0.5) is 0 Å². The first-order valence-corrected chi connectivity index (χ1v) is 5.94. The summed E-state index contributed by atoms with van der Waals surface area (Å²) in [6, 6.07) is 6.70. The van der Waals surface area contributed by atoms with Gasteiger partial charge in [-0.1, -0.05) is 25.1 Å². The van der Waals surface area contributed by atoms with E-state index in [4.69, 9.17) is 0 Å². The van der Waals surface area contributed by atoms with E-state index >= 15 is 0 Å². The molecule has 0 fully saturated rings. The lowest BCUT2D eigenvalue weighted by molar-refractivity contribution is 0.0564. The number of hydrogen-bond acceptors (Lipinski definition) is 1. The summed E-state index contributed by atoms with van der Waals surface area (Å²) >= 11 is 0. The molecule has 1 nitrogen and oxygen atoms in total. The number of aliphatic hydroxyl groups is 1. The molecule has 82 valence electrons. The molecular weight excluding hydrogens is 184 g/mol. The van der Waals surface area contributed by atoms with Crippen LogP contribution in [0.3, 0.4) is 0 Å². The van der Waals surface area contributed by atoms with Gasteiger partial charge in [-0.05, 0) is 49.3 Å². The van der Waals surface area contributed by atoms with Crippen molar-refractivity contribution in [3.05, 3.63) is 34.9 Å². The fourth-order valence-corrected chi connectivity index (χ4v) is 2.30. The minimum absolute atomic E-state index is 0.549. The molecule has 1 heteroatoms. The summed E-state index contributed by atoms with van der Waals surface area (Å²) in [5.74, 6) is 0. The lowest BCUT2D eigenvalue weighted by Gasteiger charge is -2.21. The highest BCUT2D eigenvalue weighted by atomic mass is 16.3. The molecule has 0 amide bonds. The summed E-state index contributed by atoms with van der Waals surface area (Å²) in [4.78, 5) is 0. The molecule has 15 heavy (non-hydrogen) atoms. The van der Waals surface area contributed by atoms with E-state index in [-0.39, 0.29) is 0 Å². The van der Waals surface area contributed by atoms with Crippen molar-refractivity contribution in [2.24, 2.45) is 0 Å². The molecule has 2 rings (SSSR count). The van der Waals surface area contributed by atoms with Crippen LogP contribution in [0.5, 0.6) is 0 Å². The molecule has 0 aromatic heterocycles. The molecule has 0 heterocycles. The number of hydrogen-bond donors (Lipinski definition) is 1. The Morgan fingerprint density at radius 1 is 1.27 bits per heavy atom. The van der Waals surface area contributed by atoms with Gasteiger partial charge in [-0.3, -0.25) is 0 Å². The highest BCUT2D eigenvalue weighted by Crippen LogP contribution is 2.25. The van der Waals surface area contributed by atoms with E-state index in [1.54, 1.807) is 0 Å². The zero-order valence-corrected chi connectivity index (χ0v) is 9.71. The van der Waals surface area contributed by atoms with Crippen molar-refractivity contribution >= 4 is 0 Å². The van der Waals surface area contributed by atoms with Gasteiger partial charge in [-0.25, -0.2) is 0 Å². The van der Waals surface area contributed by atoms with Crippen molar-refractivity contribution in [2.45, 2.75) is 51.6 Å².